The highest BCUT2D eigenvalue weighted by Crippen LogP contribution is 2.34. The van der Waals surface area contributed by atoms with Gasteiger partial charge in [-0.3, -0.25) is 0 Å². The summed E-state index contributed by atoms with van der Waals surface area (Å²) in [5.41, 5.74) is 6.91. The Kier molecular flexibility index (Phi) is 5.93. The van der Waals surface area contributed by atoms with Gasteiger partial charge in [-0.15, -0.1) is 0 Å². The summed E-state index contributed by atoms with van der Waals surface area (Å²) in [6, 6.07) is 5.85. The Morgan fingerprint density at radius 3 is 2.69 bits per heavy atom. The first kappa shape index (κ1) is 18.5. The lowest BCUT2D eigenvalue weighted by Crippen LogP contribution is -2.34. The van der Waals surface area contributed by atoms with Crippen LogP contribution in [0, 0.1) is 0 Å². The van der Waals surface area contributed by atoms with Crippen molar-refractivity contribution in [1.82, 2.24) is 10.1 Å². The molecule has 0 bridgehead atoms. The fourth-order valence-electron chi connectivity index (χ4n) is 3.13. The first-order valence-electron chi connectivity index (χ1n) is 9.35. The number of hydrogen-bond donors (Lipinski definition) is 1. The zero-order valence-corrected chi connectivity index (χ0v) is 15.5. The monoisotopic (exact) mass is 357 g/mol. The van der Waals surface area contributed by atoms with Crippen LogP contribution < -0.4 is 15.2 Å². The minimum atomic E-state index is -0.435. The molecule has 0 aliphatic heterocycles. The molecule has 0 atom stereocenters. The van der Waals surface area contributed by atoms with E-state index in [1.165, 1.54) is 0 Å². The molecule has 1 saturated carbocycles. The maximum absolute atomic E-state index is 6.37. The van der Waals surface area contributed by atoms with Crippen LogP contribution in [0.3, 0.4) is 0 Å². The highest BCUT2D eigenvalue weighted by molar-refractivity contribution is 5.67. The third-order valence-electron chi connectivity index (χ3n) is 4.53. The predicted octanol–water partition coefficient (Wildman–Crippen LogP) is 4.16. The summed E-state index contributed by atoms with van der Waals surface area (Å²) in [5.74, 6) is 2.56. The zero-order chi connectivity index (χ0) is 18.4. The fraction of sp³-hybridized carbons (Fsp3) is 0.500. The maximum Gasteiger partial charge on any atom is 0.250 e. The van der Waals surface area contributed by atoms with E-state index in [-0.39, 0.29) is 0 Å². The summed E-state index contributed by atoms with van der Waals surface area (Å²) in [6.45, 7) is 5.28. The smallest absolute Gasteiger partial charge is 0.250 e. The van der Waals surface area contributed by atoms with Crippen molar-refractivity contribution in [3.8, 4) is 11.5 Å². The van der Waals surface area contributed by atoms with Crippen LogP contribution in [0.25, 0.3) is 12.2 Å². The molecule has 1 aromatic carbocycles. The van der Waals surface area contributed by atoms with Crippen LogP contribution >= 0.6 is 0 Å². The lowest BCUT2D eigenvalue weighted by atomic mass is 9.99. The van der Waals surface area contributed by atoms with Crippen molar-refractivity contribution >= 4 is 12.2 Å². The van der Waals surface area contributed by atoms with Gasteiger partial charge < -0.3 is 19.7 Å². The second-order valence-corrected chi connectivity index (χ2v) is 6.64. The molecule has 1 heterocycles. The Labute approximate surface area is 154 Å². The number of nitrogens with zero attached hydrogens (tertiary/aromatic N) is 2. The van der Waals surface area contributed by atoms with Crippen molar-refractivity contribution in [1.29, 1.82) is 0 Å². The minimum Gasteiger partial charge on any atom is -0.490 e. The van der Waals surface area contributed by atoms with E-state index < -0.39 is 5.54 Å². The van der Waals surface area contributed by atoms with Gasteiger partial charge in [-0.2, -0.15) is 4.98 Å². The van der Waals surface area contributed by atoms with Gasteiger partial charge in [-0.1, -0.05) is 31.0 Å². The van der Waals surface area contributed by atoms with Gasteiger partial charge in [0.25, 0.3) is 5.89 Å². The topological polar surface area (TPSA) is 83.4 Å². The van der Waals surface area contributed by atoms with Crippen LogP contribution in [0.5, 0.6) is 11.5 Å². The van der Waals surface area contributed by atoms with E-state index in [9.17, 15) is 0 Å². The van der Waals surface area contributed by atoms with Gasteiger partial charge in [-0.25, -0.2) is 0 Å². The Balaban J connectivity index is 1.73. The fourth-order valence-corrected chi connectivity index (χ4v) is 3.13. The zero-order valence-electron chi connectivity index (χ0n) is 15.5. The molecule has 0 unspecified atom stereocenters. The minimum absolute atomic E-state index is 0.435. The second kappa shape index (κ2) is 8.36. The van der Waals surface area contributed by atoms with Gasteiger partial charge in [0.15, 0.2) is 17.3 Å². The van der Waals surface area contributed by atoms with E-state index in [4.69, 9.17) is 19.7 Å². The average molecular weight is 357 g/mol. The van der Waals surface area contributed by atoms with Crippen molar-refractivity contribution in [2.45, 2.75) is 51.5 Å². The second-order valence-electron chi connectivity index (χ2n) is 6.64. The van der Waals surface area contributed by atoms with Gasteiger partial charge in [0.05, 0.1) is 18.8 Å². The van der Waals surface area contributed by atoms with E-state index in [1.54, 1.807) is 6.08 Å². The number of aromatic nitrogens is 2. The average Bonchev–Trinajstić information content (AvgIpc) is 3.29. The van der Waals surface area contributed by atoms with Gasteiger partial charge in [0, 0.05) is 6.08 Å². The molecule has 6 nitrogen and oxygen atoms in total. The van der Waals surface area contributed by atoms with E-state index in [1.807, 2.05) is 31.2 Å². The molecule has 0 radical (unpaired) electrons. The first-order valence-corrected chi connectivity index (χ1v) is 9.35. The van der Waals surface area contributed by atoms with Crippen molar-refractivity contribution in [3.05, 3.63) is 35.5 Å². The highest BCUT2D eigenvalue weighted by Gasteiger charge is 2.35. The molecule has 1 aliphatic rings. The first-order chi connectivity index (χ1) is 12.6. The van der Waals surface area contributed by atoms with Crippen molar-refractivity contribution in [3.63, 3.8) is 0 Å². The van der Waals surface area contributed by atoms with E-state index >= 15 is 0 Å². The molecule has 3 rings (SSSR count). The van der Waals surface area contributed by atoms with Crippen LogP contribution in [0.1, 0.15) is 63.2 Å². The Hall–Kier alpha value is -2.34. The molecule has 26 heavy (non-hydrogen) atoms. The van der Waals surface area contributed by atoms with E-state index in [0.29, 0.717) is 24.9 Å². The molecule has 0 amide bonds. The van der Waals surface area contributed by atoms with Gasteiger partial charge in [0.2, 0.25) is 0 Å². The van der Waals surface area contributed by atoms with Crippen molar-refractivity contribution in [2.24, 2.45) is 5.73 Å². The Bertz CT molecular complexity index is 749. The molecule has 0 spiro atoms. The molecular weight excluding hydrogens is 330 g/mol. The highest BCUT2D eigenvalue weighted by atomic mass is 16.5. The van der Waals surface area contributed by atoms with Crippen LogP contribution in [0.4, 0.5) is 0 Å². The van der Waals surface area contributed by atoms with Crippen LogP contribution in [-0.4, -0.2) is 23.4 Å². The lowest BCUT2D eigenvalue weighted by Gasteiger charge is -2.17. The number of rotatable bonds is 8. The molecular formula is C20H27N3O3. The van der Waals surface area contributed by atoms with Gasteiger partial charge >= 0.3 is 0 Å². The molecule has 2 N–H and O–H groups in total. The van der Waals surface area contributed by atoms with Crippen LogP contribution in [0.15, 0.2) is 22.7 Å². The third kappa shape index (κ3) is 4.25. The molecule has 2 aromatic rings. The summed E-state index contributed by atoms with van der Waals surface area (Å²) in [5, 5.41) is 4.07. The summed E-state index contributed by atoms with van der Waals surface area (Å²) < 4.78 is 16.7. The third-order valence-corrected chi connectivity index (χ3v) is 4.53. The maximum atomic E-state index is 6.37. The van der Waals surface area contributed by atoms with Gasteiger partial charge in [0.1, 0.15) is 0 Å². The Morgan fingerprint density at radius 1 is 1.15 bits per heavy atom. The Morgan fingerprint density at radius 2 is 1.96 bits per heavy atom. The standard InChI is InChI=1S/C20H27N3O3/c1-3-13-25-16-9-7-15(14-17(16)24-4-2)8-10-18-22-19(23-26-18)20(21)11-5-6-12-20/h7-10,14H,3-6,11-13,21H2,1-2H3/b10-8+. The van der Waals surface area contributed by atoms with E-state index in [0.717, 1.165) is 49.2 Å². The molecule has 6 heteroatoms. The van der Waals surface area contributed by atoms with Crippen molar-refractivity contribution < 1.29 is 14.0 Å². The SMILES string of the molecule is CCCOc1ccc(/C=C/c2nc(C3(N)CCCC3)no2)cc1OCC. The summed E-state index contributed by atoms with van der Waals surface area (Å²) >= 11 is 0. The number of benzene rings is 1. The summed E-state index contributed by atoms with van der Waals surface area (Å²) in [7, 11) is 0. The van der Waals surface area contributed by atoms with Gasteiger partial charge in [-0.05, 0) is 50.0 Å². The quantitative estimate of drug-likeness (QED) is 0.764. The van der Waals surface area contributed by atoms with Crippen molar-refractivity contribution in [2.75, 3.05) is 13.2 Å². The predicted molar refractivity (Wildman–Crippen MR) is 101 cm³/mol. The largest absolute Gasteiger partial charge is 0.490 e. The molecule has 0 saturated heterocycles. The number of nitrogens with two attached hydrogens (primary N) is 1. The molecule has 1 aromatic heterocycles. The number of ether oxygens (including phenoxy) is 2. The summed E-state index contributed by atoms with van der Waals surface area (Å²) in [4.78, 5) is 4.45. The number of hydrogen-bond acceptors (Lipinski definition) is 6. The molecule has 140 valence electrons. The summed E-state index contributed by atoms with van der Waals surface area (Å²) in [6.07, 6.45) is 8.72. The normalized spacial score (nSPS) is 16.3. The van der Waals surface area contributed by atoms with Crippen LogP contribution in [0.2, 0.25) is 0 Å². The lowest BCUT2D eigenvalue weighted by molar-refractivity contribution is 0.277. The van der Waals surface area contributed by atoms with E-state index in [2.05, 4.69) is 17.1 Å². The molecule has 1 aliphatic carbocycles. The molecule has 1 fully saturated rings. The van der Waals surface area contributed by atoms with Crippen LogP contribution in [-0.2, 0) is 5.54 Å².